The Morgan fingerprint density at radius 3 is 2.45 bits per heavy atom. The Balaban J connectivity index is 1.32. The minimum absolute atomic E-state index is 0.192. The van der Waals surface area contributed by atoms with Crippen LogP contribution in [0.5, 0.6) is 5.75 Å². The van der Waals surface area contributed by atoms with E-state index in [0.29, 0.717) is 31.2 Å². The molecule has 0 aliphatic carbocycles. The zero-order valence-electron chi connectivity index (χ0n) is 19.4. The molecule has 0 unspecified atom stereocenters. The zero-order valence-corrected chi connectivity index (χ0v) is 19.4. The van der Waals surface area contributed by atoms with Gasteiger partial charge in [-0.2, -0.15) is 0 Å². The van der Waals surface area contributed by atoms with Crippen LogP contribution in [0.4, 0.5) is 17.5 Å². The number of benzene rings is 1. The first-order valence-corrected chi connectivity index (χ1v) is 11.2. The van der Waals surface area contributed by atoms with Crippen molar-refractivity contribution in [3.8, 4) is 5.75 Å². The van der Waals surface area contributed by atoms with Gasteiger partial charge < -0.3 is 19.9 Å². The van der Waals surface area contributed by atoms with Crippen LogP contribution in [0.15, 0.2) is 48.7 Å². The molecule has 3 heterocycles. The number of nitrogens with zero attached hydrogens (tertiary/aromatic N) is 5. The normalized spacial score (nSPS) is 13.7. The molecule has 1 saturated heterocycles. The van der Waals surface area contributed by atoms with E-state index in [1.54, 1.807) is 13.3 Å². The van der Waals surface area contributed by atoms with Gasteiger partial charge in [0.05, 0.1) is 7.11 Å². The fourth-order valence-electron chi connectivity index (χ4n) is 3.90. The summed E-state index contributed by atoms with van der Waals surface area (Å²) in [6, 6.07) is 13.8. The monoisotopic (exact) mass is 446 g/mol. The average Bonchev–Trinajstić information content (AvgIpc) is 2.82. The van der Waals surface area contributed by atoms with Crippen LogP contribution >= 0.6 is 0 Å². The molecular formula is C25H30N6O2. The summed E-state index contributed by atoms with van der Waals surface area (Å²) in [6.45, 7) is 6.78. The molecule has 0 bridgehead atoms. The minimum atomic E-state index is 0.192. The van der Waals surface area contributed by atoms with Gasteiger partial charge in [-0.15, -0.1) is 0 Å². The minimum Gasteiger partial charge on any atom is -0.497 e. The Hall–Kier alpha value is -3.68. The molecule has 0 radical (unpaired) electrons. The highest BCUT2D eigenvalue weighted by molar-refractivity contribution is 5.76. The van der Waals surface area contributed by atoms with Gasteiger partial charge >= 0.3 is 0 Å². The molecule has 0 saturated carbocycles. The predicted molar refractivity (Wildman–Crippen MR) is 129 cm³/mol. The number of pyridine rings is 1. The first-order chi connectivity index (χ1) is 16.0. The number of methoxy groups -OCH3 is 1. The first-order valence-electron chi connectivity index (χ1n) is 11.2. The van der Waals surface area contributed by atoms with Gasteiger partial charge in [-0.25, -0.2) is 15.0 Å². The molecule has 1 aliphatic rings. The van der Waals surface area contributed by atoms with E-state index < -0.39 is 0 Å². The lowest BCUT2D eigenvalue weighted by Gasteiger charge is -2.35. The van der Waals surface area contributed by atoms with E-state index >= 15 is 0 Å². The molecule has 2 aromatic heterocycles. The van der Waals surface area contributed by atoms with Crippen LogP contribution in [0, 0.1) is 13.8 Å². The molecule has 1 aromatic carbocycles. The number of carbonyl (C=O) groups excluding carboxylic acids is 1. The number of aryl methyl sites for hydroxylation is 3. The van der Waals surface area contributed by atoms with Crippen LogP contribution in [0.1, 0.15) is 23.4 Å². The fraction of sp³-hybridized carbons (Fsp3) is 0.360. The van der Waals surface area contributed by atoms with Crippen molar-refractivity contribution < 1.29 is 9.53 Å². The van der Waals surface area contributed by atoms with Gasteiger partial charge in [0.25, 0.3) is 0 Å². The Morgan fingerprint density at radius 2 is 1.76 bits per heavy atom. The van der Waals surface area contributed by atoms with E-state index in [1.165, 1.54) is 0 Å². The number of rotatable bonds is 7. The second-order valence-corrected chi connectivity index (χ2v) is 8.22. The lowest BCUT2D eigenvalue weighted by atomic mass is 10.1. The van der Waals surface area contributed by atoms with Crippen molar-refractivity contribution in [3.63, 3.8) is 0 Å². The summed E-state index contributed by atoms with van der Waals surface area (Å²) >= 11 is 0. The summed E-state index contributed by atoms with van der Waals surface area (Å²) in [7, 11) is 1.65. The number of hydrogen-bond donors (Lipinski definition) is 1. The molecule has 1 amide bonds. The number of nitrogens with one attached hydrogen (secondary N) is 1. The number of carbonyl (C=O) groups is 1. The van der Waals surface area contributed by atoms with Gasteiger partial charge in [-0.3, -0.25) is 4.79 Å². The maximum atomic E-state index is 12.7. The van der Waals surface area contributed by atoms with Crippen molar-refractivity contribution in [2.24, 2.45) is 0 Å². The van der Waals surface area contributed by atoms with E-state index in [-0.39, 0.29) is 5.91 Å². The van der Waals surface area contributed by atoms with Crippen LogP contribution in [0.2, 0.25) is 0 Å². The molecule has 172 valence electrons. The van der Waals surface area contributed by atoms with E-state index in [1.807, 2.05) is 61.2 Å². The van der Waals surface area contributed by atoms with Crippen LogP contribution in [-0.4, -0.2) is 59.0 Å². The largest absolute Gasteiger partial charge is 0.497 e. The number of hydrogen-bond acceptors (Lipinski definition) is 7. The Labute approximate surface area is 194 Å². The predicted octanol–water partition coefficient (Wildman–Crippen LogP) is 3.52. The van der Waals surface area contributed by atoms with Crippen molar-refractivity contribution in [2.45, 2.75) is 26.7 Å². The maximum Gasteiger partial charge on any atom is 0.223 e. The summed E-state index contributed by atoms with van der Waals surface area (Å²) < 4.78 is 5.19. The average molecular weight is 447 g/mol. The van der Waals surface area contributed by atoms with Gasteiger partial charge in [0.2, 0.25) is 5.91 Å². The number of piperazine rings is 1. The molecule has 1 N–H and O–H groups in total. The topological polar surface area (TPSA) is 83.5 Å². The van der Waals surface area contributed by atoms with Crippen molar-refractivity contribution in [1.29, 1.82) is 0 Å². The molecule has 0 spiro atoms. The van der Waals surface area contributed by atoms with E-state index in [2.05, 4.69) is 25.2 Å². The molecule has 1 aliphatic heterocycles. The Morgan fingerprint density at radius 1 is 1.00 bits per heavy atom. The zero-order chi connectivity index (χ0) is 23.2. The third-order valence-corrected chi connectivity index (χ3v) is 5.74. The third kappa shape index (κ3) is 5.97. The van der Waals surface area contributed by atoms with Crippen molar-refractivity contribution in [1.82, 2.24) is 19.9 Å². The molecule has 8 nitrogen and oxygen atoms in total. The standard InChI is InChI=1S/C25H30N6O2/c1-18-10-11-26-22(16-18)29-23-17-24(28-19(2)27-23)30-12-14-31(15-13-30)25(32)9-6-20-4-7-21(33-3)8-5-20/h4-5,7-8,10-11,16-17H,6,9,12-15H2,1-3H3,(H,26,27,28,29). The highest BCUT2D eigenvalue weighted by Gasteiger charge is 2.22. The summed E-state index contributed by atoms with van der Waals surface area (Å²) in [5.41, 5.74) is 2.27. The van der Waals surface area contributed by atoms with Crippen LogP contribution in [0.25, 0.3) is 0 Å². The number of aromatic nitrogens is 3. The van der Waals surface area contributed by atoms with Crippen LogP contribution < -0.4 is 15.0 Å². The molecule has 1 fully saturated rings. The second-order valence-electron chi connectivity index (χ2n) is 8.22. The number of ether oxygens (including phenoxy) is 1. The van der Waals surface area contributed by atoms with Gasteiger partial charge in [-0.1, -0.05) is 12.1 Å². The van der Waals surface area contributed by atoms with Crippen molar-refractivity contribution >= 4 is 23.4 Å². The van der Waals surface area contributed by atoms with Crippen molar-refractivity contribution in [2.75, 3.05) is 43.5 Å². The number of anilines is 3. The second kappa shape index (κ2) is 10.3. The van der Waals surface area contributed by atoms with E-state index in [0.717, 1.165) is 48.0 Å². The molecule has 3 aromatic rings. The Kier molecular flexibility index (Phi) is 7.02. The molecule has 8 heteroatoms. The third-order valence-electron chi connectivity index (χ3n) is 5.74. The van der Waals surface area contributed by atoms with Gasteiger partial charge in [0.1, 0.15) is 29.0 Å². The fourth-order valence-corrected chi connectivity index (χ4v) is 3.90. The summed E-state index contributed by atoms with van der Waals surface area (Å²) in [5, 5.41) is 3.27. The quantitative estimate of drug-likeness (QED) is 0.594. The summed E-state index contributed by atoms with van der Waals surface area (Å²) in [4.78, 5) is 30.3. The van der Waals surface area contributed by atoms with E-state index in [4.69, 9.17) is 4.74 Å². The van der Waals surface area contributed by atoms with E-state index in [9.17, 15) is 4.79 Å². The molecule has 33 heavy (non-hydrogen) atoms. The highest BCUT2D eigenvalue weighted by atomic mass is 16.5. The smallest absolute Gasteiger partial charge is 0.223 e. The molecule has 4 rings (SSSR count). The Bertz CT molecular complexity index is 1090. The molecule has 0 atom stereocenters. The van der Waals surface area contributed by atoms with Crippen LogP contribution in [0.3, 0.4) is 0 Å². The van der Waals surface area contributed by atoms with Gasteiger partial charge in [0, 0.05) is 44.9 Å². The SMILES string of the molecule is COc1ccc(CCC(=O)N2CCN(c3cc(Nc4cc(C)ccn4)nc(C)n3)CC2)cc1. The van der Waals surface area contributed by atoms with Crippen LogP contribution in [-0.2, 0) is 11.2 Å². The van der Waals surface area contributed by atoms with Crippen molar-refractivity contribution in [3.05, 3.63) is 65.6 Å². The van der Waals surface area contributed by atoms with Gasteiger partial charge in [0.15, 0.2) is 0 Å². The lowest BCUT2D eigenvalue weighted by molar-refractivity contribution is -0.131. The summed E-state index contributed by atoms with van der Waals surface area (Å²) in [6.07, 6.45) is 3.02. The first kappa shape index (κ1) is 22.5. The molecular weight excluding hydrogens is 416 g/mol. The lowest BCUT2D eigenvalue weighted by Crippen LogP contribution is -2.49. The van der Waals surface area contributed by atoms with Gasteiger partial charge in [-0.05, 0) is 55.7 Å². The number of amides is 1. The maximum absolute atomic E-state index is 12.7. The highest BCUT2D eigenvalue weighted by Crippen LogP contribution is 2.21. The summed E-state index contributed by atoms with van der Waals surface area (Å²) in [5.74, 6) is 4.05.